The Hall–Kier alpha value is 0.131. The van der Waals surface area contributed by atoms with E-state index in [0.29, 0.717) is 11.8 Å². The van der Waals surface area contributed by atoms with Crippen molar-refractivity contribution in [1.29, 1.82) is 0 Å². The second-order valence-corrected chi connectivity index (χ2v) is 16.3. The van der Waals surface area contributed by atoms with Gasteiger partial charge in [0, 0.05) is 5.92 Å². The van der Waals surface area contributed by atoms with Crippen LogP contribution in [-0.4, -0.2) is 39.0 Å². The van der Waals surface area contributed by atoms with Crippen molar-refractivity contribution in [2.45, 2.75) is 37.9 Å². The van der Waals surface area contributed by atoms with Crippen LogP contribution in [0.15, 0.2) is 54.6 Å². The third kappa shape index (κ3) is 5.92. The molecule has 5 unspecified atom stereocenters. The van der Waals surface area contributed by atoms with E-state index in [2.05, 4.69) is 84.5 Å². The molecule has 2 aliphatic carbocycles. The summed E-state index contributed by atoms with van der Waals surface area (Å²) in [6.07, 6.45) is 11.0. The van der Waals surface area contributed by atoms with E-state index in [9.17, 15) is 0 Å². The van der Waals surface area contributed by atoms with E-state index in [0.717, 1.165) is 30.5 Å². The first-order valence-electron chi connectivity index (χ1n) is 10.7. The Balaban J connectivity index is 0.000000757. The fraction of sp³-hybridized carbons (Fsp3) is 0.542. The number of rotatable bonds is 3. The van der Waals surface area contributed by atoms with E-state index in [4.69, 9.17) is 18.6 Å². The molecule has 0 spiro atoms. The quantitative estimate of drug-likeness (QED) is 0.316. The average Bonchev–Trinajstić information content (AvgIpc) is 2.93. The van der Waals surface area contributed by atoms with Gasteiger partial charge in [-0.25, -0.2) is 0 Å². The summed E-state index contributed by atoms with van der Waals surface area (Å²) in [4.78, 5) is 0. The van der Waals surface area contributed by atoms with Crippen LogP contribution in [0.1, 0.15) is 24.8 Å². The summed E-state index contributed by atoms with van der Waals surface area (Å²) in [5.74, 6) is 2.83. The van der Waals surface area contributed by atoms with Crippen LogP contribution in [0.4, 0.5) is 0 Å². The van der Waals surface area contributed by atoms with E-state index >= 15 is 0 Å². The van der Waals surface area contributed by atoms with Gasteiger partial charge in [-0.1, -0.05) is 74.7 Å². The first-order valence-corrected chi connectivity index (χ1v) is 18.1. The van der Waals surface area contributed by atoms with Crippen LogP contribution in [0.5, 0.6) is 0 Å². The SMILES string of the molecule is CC1CC2C(c3ccccc3)C=CC=CC2C1[Si](C)(C)N1CC[N-]CC1.[CH3-].[Cl][Ti][Cl]. The molecule has 0 bridgehead atoms. The molecule has 0 radical (unpaired) electrons. The van der Waals surface area contributed by atoms with Crippen LogP contribution >= 0.6 is 18.6 Å². The molecule has 2 fully saturated rings. The Kier molecular flexibility index (Phi) is 10.9. The van der Waals surface area contributed by atoms with Crippen molar-refractivity contribution in [3.05, 3.63) is 72.9 Å². The van der Waals surface area contributed by atoms with Gasteiger partial charge in [-0.2, -0.15) is 0 Å². The van der Waals surface area contributed by atoms with E-state index in [1.807, 2.05) is 0 Å². The number of halogens is 2. The van der Waals surface area contributed by atoms with Crippen LogP contribution in [0.25, 0.3) is 5.32 Å². The Morgan fingerprint density at radius 1 is 1.03 bits per heavy atom. The van der Waals surface area contributed by atoms with Gasteiger partial charge in [0.1, 0.15) is 8.24 Å². The molecule has 0 amide bonds. The average molecular weight is 499 g/mol. The molecule has 166 valence electrons. The molecule has 4 rings (SSSR count). The standard InChI is InChI=1S/C23H33N2Si.CH3.2ClH.Ti/c1-18-17-22-20(19-9-5-4-6-10-19)11-7-8-12-21(22)23(18)26(2,3)25-15-13-24-14-16-25;;;;/h4-12,18,20-23H,13-17H2,1-3H3;1H3;2*1H;/q2*-1;;;+2/p-2. The number of hydrogen-bond donors (Lipinski definition) is 0. The van der Waals surface area contributed by atoms with Gasteiger partial charge in [0.05, 0.1) is 0 Å². The maximum atomic E-state index is 4.89. The molecule has 3 aliphatic rings. The van der Waals surface area contributed by atoms with Gasteiger partial charge in [-0.15, -0.1) is 13.1 Å². The molecule has 1 saturated carbocycles. The summed E-state index contributed by atoms with van der Waals surface area (Å²) in [5, 5.41) is 4.59. The zero-order valence-electron chi connectivity index (χ0n) is 18.8. The van der Waals surface area contributed by atoms with E-state index < -0.39 is 25.3 Å². The first kappa shape index (κ1) is 26.4. The number of piperazine rings is 1. The van der Waals surface area contributed by atoms with Crippen LogP contribution in [0.2, 0.25) is 18.6 Å². The van der Waals surface area contributed by atoms with Crippen molar-refractivity contribution in [1.82, 2.24) is 4.57 Å². The molecule has 0 N–H and O–H groups in total. The van der Waals surface area contributed by atoms with Gasteiger partial charge in [-0.05, 0) is 48.4 Å². The van der Waals surface area contributed by atoms with E-state index in [1.165, 1.54) is 25.1 Å². The molecule has 1 aromatic rings. The zero-order chi connectivity index (χ0) is 20.9. The summed E-state index contributed by atoms with van der Waals surface area (Å²) in [6.45, 7) is 12.2. The van der Waals surface area contributed by atoms with Crippen molar-refractivity contribution >= 4 is 26.8 Å². The summed E-state index contributed by atoms with van der Waals surface area (Å²) < 4.78 is 2.85. The third-order valence-electron chi connectivity index (χ3n) is 7.26. The molecule has 1 aromatic carbocycles. The van der Waals surface area contributed by atoms with Crippen molar-refractivity contribution in [3.63, 3.8) is 0 Å². The summed E-state index contributed by atoms with van der Waals surface area (Å²) in [6, 6.07) is 11.2. The zero-order valence-corrected chi connectivity index (χ0v) is 22.8. The van der Waals surface area contributed by atoms with Gasteiger partial charge in [0.2, 0.25) is 0 Å². The van der Waals surface area contributed by atoms with Crippen molar-refractivity contribution in [2.24, 2.45) is 17.8 Å². The Labute approximate surface area is 202 Å². The van der Waals surface area contributed by atoms with E-state index in [1.54, 1.807) is 0 Å². The first-order chi connectivity index (χ1) is 14.0. The Bertz CT molecular complexity index is 692. The number of nitrogens with zero attached hydrogens (tertiary/aromatic N) is 2. The minimum absolute atomic E-state index is 0. The fourth-order valence-electron chi connectivity index (χ4n) is 6.14. The van der Waals surface area contributed by atoms with Gasteiger partial charge in [0.15, 0.2) is 0 Å². The molecule has 1 saturated heterocycles. The van der Waals surface area contributed by atoms with Crippen LogP contribution in [-0.2, 0) is 17.0 Å². The monoisotopic (exact) mass is 498 g/mol. The number of hydrogen-bond acceptors (Lipinski definition) is 1. The fourth-order valence-corrected chi connectivity index (χ4v) is 10.7. The number of benzene rings is 1. The topological polar surface area (TPSA) is 17.3 Å². The molecular weight excluding hydrogens is 463 g/mol. The summed E-state index contributed by atoms with van der Waals surface area (Å²) in [5.41, 5.74) is 2.33. The number of allylic oxidation sites excluding steroid dienone is 4. The Morgan fingerprint density at radius 2 is 1.63 bits per heavy atom. The van der Waals surface area contributed by atoms with E-state index in [-0.39, 0.29) is 7.43 Å². The molecule has 0 aromatic heterocycles. The van der Waals surface area contributed by atoms with Crippen LogP contribution < -0.4 is 0 Å². The minimum atomic E-state index is -1.50. The maximum absolute atomic E-state index is 4.89. The normalized spacial score (nSPS) is 31.0. The molecule has 30 heavy (non-hydrogen) atoms. The molecule has 5 atom stereocenters. The molecule has 6 heteroatoms. The van der Waals surface area contributed by atoms with Crippen LogP contribution in [0, 0.1) is 25.2 Å². The molecule has 1 heterocycles. The predicted molar refractivity (Wildman–Crippen MR) is 132 cm³/mol. The van der Waals surface area contributed by atoms with Crippen molar-refractivity contribution in [2.75, 3.05) is 26.2 Å². The van der Waals surface area contributed by atoms with Crippen molar-refractivity contribution in [3.8, 4) is 0 Å². The summed E-state index contributed by atoms with van der Waals surface area (Å²) in [7, 11) is 8.28. The Morgan fingerprint density at radius 3 is 2.27 bits per heavy atom. The number of fused-ring (bicyclic) bond motifs is 1. The molecule has 1 aliphatic heterocycles. The van der Waals surface area contributed by atoms with Crippen molar-refractivity contribution < 1.29 is 17.0 Å². The van der Waals surface area contributed by atoms with Crippen LogP contribution in [0.3, 0.4) is 0 Å². The summed E-state index contributed by atoms with van der Waals surface area (Å²) >= 11 is -0.556. The molecule has 2 nitrogen and oxygen atoms in total. The third-order valence-corrected chi connectivity index (χ3v) is 11.9. The van der Waals surface area contributed by atoms with Gasteiger partial charge in [0.25, 0.3) is 0 Å². The van der Waals surface area contributed by atoms with Gasteiger partial charge >= 0.3 is 35.6 Å². The molecular formula is C24H36Cl2N2SiTi-2. The van der Waals surface area contributed by atoms with Gasteiger partial charge < -0.3 is 17.3 Å². The van der Waals surface area contributed by atoms with Gasteiger partial charge in [-0.3, -0.25) is 0 Å². The second kappa shape index (κ2) is 12.4. The second-order valence-electron chi connectivity index (χ2n) is 9.07. The predicted octanol–water partition coefficient (Wildman–Crippen LogP) is 7.26.